The summed E-state index contributed by atoms with van der Waals surface area (Å²) < 4.78 is 7.10. The molecule has 2 heterocycles. The number of hydrogen-bond acceptors (Lipinski definition) is 6. The zero-order chi connectivity index (χ0) is 11.4. The fourth-order valence-electron chi connectivity index (χ4n) is 1.71. The topological polar surface area (TPSA) is 52.8 Å². The molecule has 0 saturated carbocycles. The summed E-state index contributed by atoms with van der Waals surface area (Å²) in [5.74, 6) is 1.91. The maximum atomic E-state index is 5.40. The van der Waals surface area contributed by atoms with Gasteiger partial charge in [-0.15, -0.1) is 5.10 Å². The van der Waals surface area contributed by atoms with Crippen LogP contribution in [0.1, 0.15) is 12.8 Å². The van der Waals surface area contributed by atoms with Crippen LogP contribution in [0.25, 0.3) is 0 Å². The predicted molar refractivity (Wildman–Crippen MR) is 65.9 cm³/mol. The van der Waals surface area contributed by atoms with Gasteiger partial charge in [-0.2, -0.15) is 12.6 Å². The molecule has 90 valence electrons. The van der Waals surface area contributed by atoms with E-state index in [-0.39, 0.29) is 5.41 Å². The van der Waals surface area contributed by atoms with Gasteiger partial charge in [0.25, 0.3) is 0 Å². The number of ether oxygens (including phenoxy) is 1. The van der Waals surface area contributed by atoms with Gasteiger partial charge >= 0.3 is 0 Å². The number of nitrogens with zero attached hydrogens (tertiary/aromatic N) is 4. The van der Waals surface area contributed by atoms with Crippen LogP contribution in [0.4, 0.5) is 0 Å². The Labute approximate surface area is 105 Å². The molecule has 0 amide bonds. The number of thioether (sulfide) groups is 1. The minimum atomic E-state index is 0.276. The molecule has 1 aliphatic heterocycles. The lowest BCUT2D eigenvalue weighted by atomic mass is 9.84. The Balaban J connectivity index is 1.94. The van der Waals surface area contributed by atoms with E-state index in [1.165, 1.54) is 0 Å². The standard InChI is InChI=1S/C9H16N4OS2/c1-13-8(10-11-12-13)16-7-9(6-15)2-4-14-5-3-9/h15H,2-7H2,1H3. The molecule has 5 nitrogen and oxygen atoms in total. The number of tetrazole rings is 1. The summed E-state index contributed by atoms with van der Waals surface area (Å²) in [5.41, 5.74) is 0.276. The summed E-state index contributed by atoms with van der Waals surface area (Å²) >= 11 is 6.19. The van der Waals surface area contributed by atoms with Crippen molar-refractivity contribution in [3.05, 3.63) is 0 Å². The van der Waals surface area contributed by atoms with E-state index in [1.807, 2.05) is 7.05 Å². The van der Waals surface area contributed by atoms with Gasteiger partial charge in [0.2, 0.25) is 5.16 Å². The molecular weight excluding hydrogens is 244 g/mol. The molecule has 2 rings (SSSR count). The molecule has 0 N–H and O–H groups in total. The first-order valence-corrected chi connectivity index (χ1v) is 6.91. The molecule has 0 radical (unpaired) electrons. The summed E-state index contributed by atoms with van der Waals surface area (Å²) in [5, 5.41) is 12.3. The summed E-state index contributed by atoms with van der Waals surface area (Å²) in [6, 6.07) is 0. The van der Waals surface area contributed by atoms with Crippen LogP contribution in [-0.2, 0) is 11.8 Å². The van der Waals surface area contributed by atoms with Gasteiger partial charge in [-0.05, 0) is 34.4 Å². The molecule has 0 aromatic carbocycles. The third-order valence-electron chi connectivity index (χ3n) is 2.98. The Hall–Kier alpha value is -0.270. The second kappa shape index (κ2) is 5.37. The fourth-order valence-corrected chi connectivity index (χ4v) is 3.44. The lowest BCUT2D eigenvalue weighted by Gasteiger charge is -2.35. The number of aryl methyl sites for hydroxylation is 1. The molecule has 0 atom stereocenters. The van der Waals surface area contributed by atoms with E-state index < -0.39 is 0 Å². The minimum Gasteiger partial charge on any atom is -0.381 e. The second-order valence-electron chi connectivity index (χ2n) is 4.14. The van der Waals surface area contributed by atoms with Crippen LogP contribution in [-0.4, -0.2) is 44.9 Å². The Bertz CT molecular complexity index is 338. The quantitative estimate of drug-likeness (QED) is 0.647. The van der Waals surface area contributed by atoms with E-state index in [4.69, 9.17) is 4.74 Å². The van der Waals surface area contributed by atoms with Gasteiger partial charge in [-0.25, -0.2) is 4.68 Å². The summed E-state index contributed by atoms with van der Waals surface area (Å²) in [7, 11) is 1.86. The molecule has 1 saturated heterocycles. The molecular formula is C9H16N4OS2. The van der Waals surface area contributed by atoms with Gasteiger partial charge in [0.1, 0.15) is 0 Å². The van der Waals surface area contributed by atoms with Gasteiger partial charge in [0, 0.05) is 26.0 Å². The largest absolute Gasteiger partial charge is 0.381 e. The molecule has 0 bridgehead atoms. The molecule has 7 heteroatoms. The van der Waals surface area contributed by atoms with Crippen LogP contribution in [0.5, 0.6) is 0 Å². The molecule has 1 fully saturated rings. The van der Waals surface area contributed by atoms with Crippen molar-refractivity contribution in [1.29, 1.82) is 0 Å². The Morgan fingerprint density at radius 2 is 2.25 bits per heavy atom. The third kappa shape index (κ3) is 2.70. The van der Waals surface area contributed by atoms with Crippen molar-refractivity contribution in [2.45, 2.75) is 18.0 Å². The highest BCUT2D eigenvalue weighted by molar-refractivity contribution is 7.99. The van der Waals surface area contributed by atoms with Crippen molar-refractivity contribution in [3.63, 3.8) is 0 Å². The summed E-state index contributed by atoms with van der Waals surface area (Å²) in [4.78, 5) is 0. The molecule has 1 aromatic heterocycles. The third-order valence-corrected chi connectivity index (χ3v) is 5.01. The van der Waals surface area contributed by atoms with E-state index in [0.717, 1.165) is 42.7 Å². The highest BCUT2D eigenvalue weighted by atomic mass is 32.2. The van der Waals surface area contributed by atoms with E-state index in [0.29, 0.717) is 0 Å². The van der Waals surface area contributed by atoms with E-state index in [9.17, 15) is 0 Å². The van der Waals surface area contributed by atoms with Crippen LogP contribution in [0, 0.1) is 5.41 Å². The maximum absolute atomic E-state index is 5.40. The van der Waals surface area contributed by atoms with Crippen LogP contribution in [0.15, 0.2) is 5.16 Å². The molecule has 1 aromatic rings. The van der Waals surface area contributed by atoms with Crippen molar-refractivity contribution in [2.75, 3.05) is 24.7 Å². The molecule has 0 aliphatic carbocycles. The zero-order valence-electron chi connectivity index (χ0n) is 9.30. The molecule has 16 heavy (non-hydrogen) atoms. The van der Waals surface area contributed by atoms with Crippen molar-refractivity contribution in [2.24, 2.45) is 12.5 Å². The lowest BCUT2D eigenvalue weighted by molar-refractivity contribution is 0.0370. The first-order chi connectivity index (χ1) is 7.76. The van der Waals surface area contributed by atoms with Crippen molar-refractivity contribution in [1.82, 2.24) is 20.2 Å². The monoisotopic (exact) mass is 260 g/mol. The zero-order valence-corrected chi connectivity index (χ0v) is 11.0. The van der Waals surface area contributed by atoms with Gasteiger partial charge in [0.05, 0.1) is 0 Å². The first-order valence-electron chi connectivity index (χ1n) is 5.30. The van der Waals surface area contributed by atoms with Crippen molar-refractivity contribution in [3.8, 4) is 0 Å². The van der Waals surface area contributed by atoms with Crippen LogP contribution in [0.3, 0.4) is 0 Å². The van der Waals surface area contributed by atoms with E-state index in [1.54, 1.807) is 16.4 Å². The van der Waals surface area contributed by atoms with Gasteiger partial charge in [-0.1, -0.05) is 11.8 Å². The Kier molecular flexibility index (Phi) is 4.10. The summed E-state index contributed by atoms with van der Waals surface area (Å²) in [6.07, 6.45) is 2.16. The molecule has 0 unspecified atom stereocenters. The lowest BCUT2D eigenvalue weighted by Crippen LogP contribution is -2.33. The van der Waals surface area contributed by atoms with Crippen LogP contribution < -0.4 is 0 Å². The summed E-state index contributed by atoms with van der Waals surface area (Å²) in [6.45, 7) is 1.69. The fraction of sp³-hybridized carbons (Fsp3) is 0.889. The average Bonchev–Trinajstić information content (AvgIpc) is 2.74. The van der Waals surface area contributed by atoms with Crippen LogP contribution in [0.2, 0.25) is 0 Å². The number of thiol groups is 1. The van der Waals surface area contributed by atoms with Crippen molar-refractivity contribution >= 4 is 24.4 Å². The first kappa shape index (κ1) is 12.2. The van der Waals surface area contributed by atoms with Crippen LogP contribution >= 0.6 is 24.4 Å². The van der Waals surface area contributed by atoms with Gasteiger partial charge in [-0.3, -0.25) is 0 Å². The number of aromatic nitrogens is 4. The Morgan fingerprint density at radius 3 is 2.81 bits per heavy atom. The van der Waals surface area contributed by atoms with Gasteiger partial charge in [0.15, 0.2) is 0 Å². The van der Waals surface area contributed by atoms with E-state index >= 15 is 0 Å². The average molecular weight is 260 g/mol. The highest BCUT2D eigenvalue weighted by Gasteiger charge is 2.31. The van der Waals surface area contributed by atoms with Crippen molar-refractivity contribution < 1.29 is 4.74 Å². The highest BCUT2D eigenvalue weighted by Crippen LogP contribution is 2.36. The predicted octanol–water partition coefficient (Wildman–Crippen LogP) is 1.03. The minimum absolute atomic E-state index is 0.276. The Morgan fingerprint density at radius 1 is 1.50 bits per heavy atom. The SMILES string of the molecule is Cn1nnnc1SCC1(CS)CCOCC1. The van der Waals surface area contributed by atoms with E-state index in [2.05, 4.69) is 28.2 Å². The normalized spacial score (nSPS) is 19.9. The second-order valence-corrected chi connectivity index (χ2v) is 5.40. The molecule has 1 aliphatic rings. The maximum Gasteiger partial charge on any atom is 0.209 e. The smallest absolute Gasteiger partial charge is 0.209 e. The van der Waals surface area contributed by atoms with Gasteiger partial charge < -0.3 is 4.74 Å². The number of rotatable bonds is 4. The molecule has 0 spiro atoms. The number of hydrogen-bond donors (Lipinski definition) is 1.